The number of hydrogen-bond donors (Lipinski definition) is 1. The van der Waals surface area contributed by atoms with E-state index < -0.39 is 10.0 Å². The molecule has 1 amide bonds. The Morgan fingerprint density at radius 2 is 1.67 bits per heavy atom. The summed E-state index contributed by atoms with van der Waals surface area (Å²) in [7, 11) is -3.20. The zero-order chi connectivity index (χ0) is 21.3. The number of carbonyl (C=O) groups excluding carboxylic acids is 1. The highest BCUT2D eigenvalue weighted by atomic mass is 32.2. The van der Waals surface area contributed by atoms with E-state index >= 15 is 0 Å². The van der Waals surface area contributed by atoms with E-state index in [4.69, 9.17) is 0 Å². The molecule has 2 saturated heterocycles. The molecule has 2 aromatic rings. The van der Waals surface area contributed by atoms with E-state index in [0.29, 0.717) is 24.3 Å². The van der Waals surface area contributed by atoms with Crippen molar-refractivity contribution in [3.63, 3.8) is 0 Å². The average Bonchev–Trinajstić information content (AvgIpc) is 3.07. The summed E-state index contributed by atoms with van der Waals surface area (Å²) < 4.78 is 25.5. The number of hydrogen-bond acceptors (Lipinski definition) is 6. The van der Waals surface area contributed by atoms with Crippen molar-refractivity contribution in [1.82, 2.24) is 9.97 Å². The highest BCUT2D eigenvalue weighted by Crippen LogP contribution is 2.26. The molecule has 2 fully saturated rings. The number of aryl methyl sites for hydroxylation is 2. The molecule has 3 heterocycles. The van der Waals surface area contributed by atoms with E-state index in [0.717, 1.165) is 43.3 Å². The van der Waals surface area contributed by atoms with Gasteiger partial charge in [0.1, 0.15) is 0 Å². The average molecular weight is 430 g/mol. The van der Waals surface area contributed by atoms with E-state index in [1.165, 1.54) is 4.31 Å². The lowest BCUT2D eigenvalue weighted by Gasteiger charge is -2.31. The van der Waals surface area contributed by atoms with Crippen LogP contribution in [0.1, 0.15) is 30.7 Å². The smallest absolute Gasteiger partial charge is 0.235 e. The zero-order valence-electron chi connectivity index (χ0n) is 17.3. The maximum Gasteiger partial charge on any atom is 0.235 e. The summed E-state index contributed by atoms with van der Waals surface area (Å²) in [6.07, 6.45) is 2.13. The van der Waals surface area contributed by atoms with Crippen LogP contribution in [0, 0.1) is 19.8 Å². The third-order valence-electron chi connectivity index (χ3n) is 5.64. The number of piperidine rings is 1. The minimum absolute atomic E-state index is 0.00228. The van der Waals surface area contributed by atoms with Gasteiger partial charge in [-0.3, -0.25) is 9.10 Å². The number of carbonyl (C=O) groups is 1. The molecule has 2 aliphatic rings. The molecule has 160 valence electrons. The lowest BCUT2D eigenvalue weighted by molar-refractivity contribution is -0.120. The third-order valence-corrected chi connectivity index (χ3v) is 7.51. The predicted molar refractivity (Wildman–Crippen MR) is 117 cm³/mol. The van der Waals surface area contributed by atoms with Crippen molar-refractivity contribution in [2.24, 2.45) is 5.92 Å². The molecule has 9 heteroatoms. The van der Waals surface area contributed by atoms with Gasteiger partial charge in [-0.15, -0.1) is 0 Å². The number of aromatic nitrogens is 2. The fourth-order valence-electron chi connectivity index (χ4n) is 4.08. The zero-order valence-corrected chi connectivity index (χ0v) is 18.2. The predicted octanol–water partition coefficient (Wildman–Crippen LogP) is 2.49. The normalized spacial score (nSPS) is 19.1. The van der Waals surface area contributed by atoms with Gasteiger partial charge in [0.05, 0.1) is 11.4 Å². The van der Waals surface area contributed by atoms with Crippen molar-refractivity contribution in [2.75, 3.05) is 39.9 Å². The summed E-state index contributed by atoms with van der Waals surface area (Å²) in [4.78, 5) is 23.9. The van der Waals surface area contributed by atoms with Gasteiger partial charge in [-0.25, -0.2) is 18.4 Å². The molecule has 0 unspecified atom stereocenters. The van der Waals surface area contributed by atoms with Crippen molar-refractivity contribution >= 4 is 33.3 Å². The summed E-state index contributed by atoms with van der Waals surface area (Å²) in [5.41, 5.74) is 3.22. The first kappa shape index (κ1) is 20.6. The minimum atomic E-state index is -3.20. The Morgan fingerprint density at radius 1 is 1.03 bits per heavy atom. The third kappa shape index (κ3) is 4.40. The van der Waals surface area contributed by atoms with Crippen LogP contribution in [0.25, 0.3) is 0 Å². The van der Waals surface area contributed by atoms with Gasteiger partial charge in [-0.1, -0.05) is 0 Å². The van der Waals surface area contributed by atoms with Crippen molar-refractivity contribution < 1.29 is 13.2 Å². The molecule has 8 nitrogen and oxygen atoms in total. The number of anilines is 3. The summed E-state index contributed by atoms with van der Waals surface area (Å²) >= 11 is 0. The fraction of sp³-hybridized carbons (Fsp3) is 0.476. The molecule has 0 radical (unpaired) electrons. The molecule has 0 bridgehead atoms. The molecule has 4 rings (SSSR count). The van der Waals surface area contributed by atoms with Gasteiger partial charge in [0, 0.05) is 42.6 Å². The van der Waals surface area contributed by atoms with Crippen molar-refractivity contribution in [2.45, 2.75) is 33.1 Å². The van der Waals surface area contributed by atoms with Gasteiger partial charge < -0.3 is 10.2 Å². The first-order valence-electron chi connectivity index (χ1n) is 10.3. The molecular formula is C21H27N5O3S. The van der Waals surface area contributed by atoms with Crippen LogP contribution in [-0.4, -0.2) is 49.7 Å². The molecule has 1 aromatic carbocycles. The van der Waals surface area contributed by atoms with Crippen LogP contribution in [-0.2, 0) is 14.8 Å². The minimum Gasteiger partial charge on any atom is -0.341 e. The van der Waals surface area contributed by atoms with E-state index in [1.54, 1.807) is 24.3 Å². The number of nitrogens with zero attached hydrogens (tertiary/aromatic N) is 4. The van der Waals surface area contributed by atoms with Crippen LogP contribution in [0.5, 0.6) is 0 Å². The molecule has 1 aromatic heterocycles. The van der Waals surface area contributed by atoms with Crippen LogP contribution in [0.4, 0.5) is 17.3 Å². The standard InChI is InChI=1S/C21H27N5O3S/c1-15-14-16(2)23-21(22-15)25-11-8-17(9-12-25)20(27)24-18-4-6-19(7-5-18)26-10-3-13-30(26,28)29/h4-7,14,17H,3,8-13H2,1-2H3,(H,24,27). The Balaban J connectivity index is 1.34. The van der Waals surface area contributed by atoms with Gasteiger partial charge in [0.25, 0.3) is 0 Å². The van der Waals surface area contributed by atoms with Gasteiger partial charge in [-0.05, 0) is 63.4 Å². The number of benzene rings is 1. The van der Waals surface area contributed by atoms with Crippen LogP contribution in [0.3, 0.4) is 0 Å². The molecular weight excluding hydrogens is 402 g/mol. The lowest BCUT2D eigenvalue weighted by Crippen LogP contribution is -2.39. The number of rotatable bonds is 4. The second-order valence-electron chi connectivity index (χ2n) is 7.99. The highest BCUT2D eigenvalue weighted by Gasteiger charge is 2.29. The van der Waals surface area contributed by atoms with E-state index in [9.17, 15) is 13.2 Å². The molecule has 1 N–H and O–H groups in total. The second kappa shape index (κ2) is 8.22. The summed E-state index contributed by atoms with van der Waals surface area (Å²) in [5.74, 6) is 0.860. The summed E-state index contributed by atoms with van der Waals surface area (Å²) in [6.45, 7) is 5.92. The first-order chi connectivity index (χ1) is 14.3. The highest BCUT2D eigenvalue weighted by molar-refractivity contribution is 7.93. The van der Waals surface area contributed by atoms with E-state index in [1.807, 2.05) is 19.9 Å². The number of nitrogens with one attached hydrogen (secondary N) is 1. The Bertz CT molecular complexity index is 1010. The van der Waals surface area contributed by atoms with Gasteiger partial charge >= 0.3 is 0 Å². The number of sulfonamides is 1. The summed E-state index contributed by atoms with van der Waals surface area (Å²) in [6, 6.07) is 8.98. The monoisotopic (exact) mass is 429 g/mol. The fourth-order valence-corrected chi connectivity index (χ4v) is 5.64. The molecule has 0 atom stereocenters. The maximum atomic E-state index is 12.7. The Labute approximate surface area is 177 Å². The molecule has 2 aliphatic heterocycles. The first-order valence-corrected chi connectivity index (χ1v) is 11.9. The molecule has 0 aliphatic carbocycles. The summed E-state index contributed by atoms with van der Waals surface area (Å²) in [5, 5.41) is 2.97. The van der Waals surface area contributed by atoms with Crippen LogP contribution < -0.4 is 14.5 Å². The Morgan fingerprint density at radius 3 is 2.23 bits per heavy atom. The lowest BCUT2D eigenvalue weighted by atomic mass is 9.96. The van der Waals surface area contributed by atoms with Crippen LogP contribution >= 0.6 is 0 Å². The van der Waals surface area contributed by atoms with Gasteiger partial charge in [0.2, 0.25) is 21.9 Å². The van der Waals surface area contributed by atoms with Gasteiger partial charge in [0.15, 0.2) is 0 Å². The van der Waals surface area contributed by atoms with Crippen LogP contribution in [0.15, 0.2) is 30.3 Å². The molecule has 0 saturated carbocycles. The van der Waals surface area contributed by atoms with Crippen molar-refractivity contribution in [1.29, 1.82) is 0 Å². The van der Waals surface area contributed by atoms with Gasteiger partial charge in [-0.2, -0.15) is 0 Å². The maximum absolute atomic E-state index is 12.7. The Hall–Kier alpha value is -2.68. The van der Waals surface area contributed by atoms with Crippen molar-refractivity contribution in [3.05, 3.63) is 41.7 Å². The second-order valence-corrected chi connectivity index (χ2v) is 10.0. The quantitative estimate of drug-likeness (QED) is 0.802. The topological polar surface area (TPSA) is 95.5 Å². The SMILES string of the molecule is Cc1cc(C)nc(N2CCC(C(=O)Nc3ccc(N4CCCS4(=O)=O)cc3)CC2)n1. The molecule has 30 heavy (non-hydrogen) atoms. The van der Waals surface area contributed by atoms with E-state index in [-0.39, 0.29) is 17.6 Å². The largest absolute Gasteiger partial charge is 0.341 e. The molecule has 0 spiro atoms. The van der Waals surface area contributed by atoms with Crippen molar-refractivity contribution in [3.8, 4) is 0 Å². The Kier molecular flexibility index (Phi) is 5.64. The number of amides is 1. The van der Waals surface area contributed by atoms with Crippen LogP contribution in [0.2, 0.25) is 0 Å². The van der Waals surface area contributed by atoms with E-state index in [2.05, 4.69) is 20.2 Å².